The van der Waals surface area contributed by atoms with Gasteiger partial charge in [0.05, 0.1) is 5.41 Å². The zero-order chi connectivity index (χ0) is 13.2. The summed E-state index contributed by atoms with van der Waals surface area (Å²) >= 11 is 3.44. The zero-order valence-corrected chi connectivity index (χ0v) is 12.2. The summed E-state index contributed by atoms with van der Waals surface area (Å²) in [4.78, 5) is 11.7. The van der Waals surface area contributed by atoms with Crippen LogP contribution in [-0.4, -0.2) is 11.1 Å². The molecular formula is C15H19BrO2. The van der Waals surface area contributed by atoms with Crippen LogP contribution in [0.1, 0.15) is 38.2 Å². The molecule has 0 atom stereocenters. The van der Waals surface area contributed by atoms with Gasteiger partial charge in [0.25, 0.3) is 0 Å². The highest BCUT2D eigenvalue weighted by molar-refractivity contribution is 9.10. The highest BCUT2D eigenvalue weighted by Gasteiger charge is 2.41. The average Bonchev–Trinajstić information content (AvgIpc) is 2.32. The zero-order valence-electron chi connectivity index (χ0n) is 10.7. The standard InChI is InChI=1S/C15H19BrO2/c1-11-5-7-15(8-6-11,14(17)18)10-12-3-2-4-13(16)9-12/h2-4,9,11H,5-8,10H2,1H3,(H,17,18). The van der Waals surface area contributed by atoms with Crippen molar-refractivity contribution in [2.24, 2.45) is 11.3 Å². The lowest BCUT2D eigenvalue weighted by Gasteiger charge is -2.36. The molecule has 0 spiro atoms. The molecule has 2 nitrogen and oxygen atoms in total. The van der Waals surface area contributed by atoms with Crippen LogP contribution in [0.5, 0.6) is 0 Å². The fourth-order valence-electron chi connectivity index (χ4n) is 2.82. The second-order valence-electron chi connectivity index (χ2n) is 5.57. The molecule has 0 aromatic heterocycles. The molecule has 98 valence electrons. The van der Waals surface area contributed by atoms with Crippen LogP contribution in [0.15, 0.2) is 28.7 Å². The first kappa shape index (κ1) is 13.6. The Morgan fingerprint density at radius 3 is 2.67 bits per heavy atom. The molecule has 0 aliphatic heterocycles. The predicted octanol–water partition coefficient (Wildman–Crippen LogP) is 4.27. The van der Waals surface area contributed by atoms with E-state index in [0.29, 0.717) is 12.3 Å². The summed E-state index contributed by atoms with van der Waals surface area (Å²) < 4.78 is 1.02. The van der Waals surface area contributed by atoms with Crippen molar-refractivity contribution in [3.05, 3.63) is 34.3 Å². The van der Waals surface area contributed by atoms with Gasteiger partial charge in [0.2, 0.25) is 0 Å². The second kappa shape index (κ2) is 5.43. The molecule has 0 unspecified atom stereocenters. The van der Waals surface area contributed by atoms with E-state index in [1.165, 1.54) is 0 Å². The van der Waals surface area contributed by atoms with Crippen molar-refractivity contribution in [2.45, 2.75) is 39.0 Å². The predicted molar refractivity (Wildman–Crippen MR) is 75.5 cm³/mol. The van der Waals surface area contributed by atoms with Crippen LogP contribution in [0.25, 0.3) is 0 Å². The van der Waals surface area contributed by atoms with Crippen LogP contribution in [-0.2, 0) is 11.2 Å². The molecule has 1 aromatic carbocycles. The number of carboxylic acids is 1. The van der Waals surface area contributed by atoms with Crippen molar-refractivity contribution in [3.63, 3.8) is 0 Å². The van der Waals surface area contributed by atoms with E-state index in [4.69, 9.17) is 0 Å². The van der Waals surface area contributed by atoms with Crippen molar-refractivity contribution in [1.29, 1.82) is 0 Å². The van der Waals surface area contributed by atoms with Crippen LogP contribution in [0, 0.1) is 11.3 Å². The molecule has 1 N–H and O–H groups in total. The summed E-state index contributed by atoms with van der Waals surface area (Å²) in [7, 11) is 0. The largest absolute Gasteiger partial charge is 0.481 e. The van der Waals surface area contributed by atoms with E-state index >= 15 is 0 Å². The Labute approximate surface area is 117 Å². The number of rotatable bonds is 3. The molecule has 0 saturated heterocycles. The van der Waals surface area contributed by atoms with Crippen LogP contribution < -0.4 is 0 Å². The molecule has 0 amide bonds. The van der Waals surface area contributed by atoms with Gasteiger partial charge in [-0.3, -0.25) is 4.79 Å². The molecule has 0 radical (unpaired) electrons. The summed E-state index contributed by atoms with van der Waals surface area (Å²) in [6, 6.07) is 8.00. The summed E-state index contributed by atoms with van der Waals surface area (Å²) in [5.41, 5.74) is 0.564. The van der Waals surface area contributed by atoms with Gasteiger partial charge in [-0.25, -0.2) is 0 Å². The highest BCUT2D eigenvalue weighted by Crippen LogP contribution is 2.41. The van der Waals surface area contributed by atoms with Crippen molar-refractivity contribution >= 4 is 21.9 Å². The van der Waals surface area contributed by atoms with Gasteiger partial charge in [-0.05, 0) is 55.7 Å². The van der Waals surface area contributed by atoms with Crippen LogP contribution >= 0.6 is 15.9 Å². The lowest BCUT2D eigenvalue weighted by molar-refractivity contribution is -0.151. The molecule has 18 heavy (non-hydrogen) atoms. The van der Waals surface area contributed by atoms with Crippen molar-refractivity contribution in [1.82, 2.24) is 0 Å². The monoisotopic (exact) mass is 310 g/mol. The highest BCUT2D eigenvalue weighted by atomic mass is 79.9. The molecule has 1 aliphatic carbocycles. The molecule has 1 saturated carbocycles. The van der Waals surface area contributed by atoms with Gasteiger partial charge in [-0.15, -0.1) is 0 Å². The number of aliphatic carboxylic acids is 1. The van der Waals surface area contributed by atoms with Gasteiger partial charge in [0.15, 0.2) is 0 Å². The van der Waals surface area contributed by atoms with Crippen molar-refractivity contribution in [3.8, 4) is 0 Å². The molecule has 0 bridgehead atoms. The fraction of sp³-hybridized carbons (Fsp3) is 0.533. The minimum absolute atomic E-state index is 0.548. The number of carboxylic acid groups (broad SMARTS) is 1. The molecule has 2 rings (SSSR count). The van der Waals surface area contributed by atoms with Gasteiger partial charge in [-0.2, -0.15) is 0 Å². The number of benzene rings is 1. The first-order chi connectivity index (χ1) is 8.52. The maximum Gasteiger partial charge on any atom is 0.309 e. The fourth-order valence-corrected chi connectivity index (χ4v) is 3.27. The lowest BCUT2D eigenvalue weighted by Crippen LogP contribution is -2.37. The Morgan fingerprint density at radius 2 is 2.11 bits per heavy atom. The maximum atomic E-state index is 11.7. The third-order valence-electron chi connectivity index (χ3n) is 4.12. The van der Waals surface area contributed by atoms with Crippen molar-refractivity contribution in [2.75, 3.05) is 0 Å². The summed E-state index contributed by atoms with van der Waals surface area (Å²) in [5, 5.41) is 9.59. The minimum atomic E-state index is -0.630. The molecule has 1 aliphatic rings. The molecular weight excluding hydrogens is 292 g/mol. The number of halogens is 1. The third-order valence-corrected chi connectivity index (χ3v) is 4.61. The van der Waals surface area contributed by atoms with Gasteiger partial charge in [0, 0.05) is 4.47 Å². The number of hydrogen-bond acceptors (Lipinski definition) is 1. The Kier molecular flexibility index (Phi) is 4.10. The van der Waals surface area contributed by atoms with Crippen molar-refractivity contribution < 1.29 is 9.90 Å². The third kappa shape index (κ3) is 2.94. The Bertz CT molecular complexity index is 434. The molecule has 1 fully saturated rings. The van der Waals surface area contributed by atoms with E-state index < -0.39 is 11.4 Å². The van der Waals surface area contributed by atoms with E-state index in [-0.39, 0.29) is 0 Å². The van der Waals surface area contributed by atoms with Crippen LogP contribution in [0.2, 0.25) is 0 Å². The van der Waals surface area contributed by atoms with Gasteiger partial charge in [-0.1, -0.05) is 35.0 Å². The summed E-state index contributed by atoms with van der Waals surface area (Å²) in [6.45, 7) is 2.21. The molecule has 3 heteroatoms. The maximum absolute atomic E-state index is 11.7. The topological polar surface area (TPSA) is 37.3 Å². The van der Waals surface area contributed by atoms with Gasteiger partial charge in [0.1, 0.15) is 0 Å². The Morgan fingerprint density at radius 1 is 1.44 bits per heavy atom. The van der Waals surface area contributed by atoms with E-state index in [2.05, 4.69) is 22.9 Å². The first-order valence-corrected chi connectivity index (χ1v) is 7.29. The van der Waals surface area contributed by atoms with Gasteiger partial charge >= 0.3 is 5.97 Å². The van der Waals surface area contributed by atoms with Gasteiger partial charge < -0.3 is 5.11 Å². The number of carbonyl (C=O) groups is 1. The Hall–Kier alpha value is -0.830. The smallest absolute Gasteiger partial charge is 0.309 e. The summed E-state index contributed by atoms with van der Waals surface area (Å²) in [6.07, 6.45) is 4.31. The first-order valence-electron chi connectivity index (χ1n) is 6.50. The number of hydrogen-bond donors (Lipinski definition) is 1. The van der Waals surface area contributed by atoms with Crippen LogP contribution in [0.4, 0.5) is 0 Å². The Balaban J connectivity index is 2.19. The normalized spacial score (nSPS) is 28.0. The summed E-state index contributed by atoms with van der Waals surface area (Å²) in [5.74, 6) is 0.0364. The van der Waals surface area contributed by atoms with E-state index in [0.717, 1.165) is 35.7 Å². The average molecular weight is 311 g/mol. The second-order valence-corrected chi connectivity index (χ2v) is 6.49. The minimum Gasteiger partial charge on any atom is -0.481 e. The quantitative estimate of drug-likeness (QED) is 0.905. The lowest BCUT2D eigenvalue weighted by atomic mass is 9.68. The van der Waals surface area contributed by atoms with E-state index in [1.807, 2.05) is 24.3 Å². The van der Waals surface area contributed by atoms with Crippen LogP contribution in [0.3, 0.4) is 0 Å². The van der Waals surface area contributed by atoms with E-state index in [9.17, 15) is 9.90 Å². The van der Waals surface area contributed by atoms with E-state index in [1.54, 1.807) is 0 Å². The molecule has 1 aromatic rings. The SMILES string of the molecule is CC1CCC(Cc2cccc(Br)c2)(C(=O)O)CC1. The molecule has 0 heterocycles.